The first kappa shape index (κ1) is 12.6. The van der Waals surface area contributed by atoms with Crippen molar-refractivity contribution < 1.29 is 14.8 Å². The quantitative estimate of drug-likeness (QED) is 0.365. The maximum Gasteiger partial charge on any atom is 0.329 e. The minimum Gasteiger partial charge on any atom is -0.481 e. The van der Waals surface area contributed by atoms with Gasteiger partial charge in [-0.25, -0.2) is 4.98 Å². The lowest BCUT2D eigenvalue weighted by Gasteiger charge is -2.03. The van der Waals surface area contributed by atoms with E-state index < -0.39 is 10.9 Å². The van der Waals surface area contributed by atoms with Crippen molar-refractivity contribution in [2.24, 2.45) is 0 Å². The van der Waals surface area contributed by atoms with Crippen LogP contribution in [0.1, 0.15) is 12.8 Å². The van der Waals surface area contributed by atoms with Crippen molar-refractivity contribution in [1.29, 1.82) is 0 Å². The zero-order valence-electron chi connectivity index (χ0n) is 8.79. The predicted molar refractivity (Wildman–Crippen MR) is 58.5 cm³/mol. The molecule has 0 amide bonds. The third-order valence-electron chi connectivity index (χ3n) is 1.85. The first-order valence-electron chi connectivity index (χ1n) is 4.73. The smallest absolute Gasteiger partial charge is 0.329 e. The number of hydrogen-bond acceptors (Lipinski definition) is 7. The van der Waals surface area contributed by atoms with E-state index >= 15 is 0 Å². The molecule has 0 unspecified atom stereocenters. The predicted octanol–water partition coefficient (Wildman–Crippen LogP) is 0.244. The fourth-order valence-electron chi connectivity index (χ4n) is 1.05. The van der Waals surface area contributed by atoms with Crippen molar-refractivity contribution in [2.75, 3.05) is 17.6 Å². The van der Waals surface area contributed by atoms with Crippen LogP contribution >= 0.6 is 0 Å². The van der Waals surface area contributed by atoms with Crippen molar-refractivity contribution in [3.05, 3.63) is 16.3 Å². The number of nitrogens with zero attached hydrogens (tertiary/aromatic N) is 3. The largest absolute Gasteiger partial charge is 0.481 e. The molecule has 0 bridgehead atoms. The third-order valence-corrected chi connectivity index (χ3v) is 1.85. The van der Waals surface area contributed by atoms with E-state index in [4.69, 9.17) is 10.8 Å². The van der Waals surface area contributed by atoms with Gasteiger partial charge < -0.3 is 16.2 Å². The van der Waals surface area contributed by atoms with E-state index in [1.165, 1.54) is 0 Å². The average Bonchev–Trinajstić information content (AvgIpc) is 2.23. The summed E-state index contributed by atoms with van der Waals surface area (Å²) >= 11 is 0. The summed E-state index contributed by atoms with van der Waals surface area (Å²) in [5, 5.41) is 21.5. The second kappa shape index (κ2) is 5.58. The Morgan fingerprint density at radius 1 is 1.65 bits per heavy atom. The van der Waals surface area contributed by atoms with E-state index in [0.29, 0.717) is 13.0 Å². The second-order valence-corrected chi connectivity index (χ2v) is 3.15. The summed E-state index contributed by atoms with van der Waals surface area (Å²) in [6, 6.07) is 0. The van der Waals surface area contributed by atoms with Crippen LogP contribution in [0.15, 0.2) is 6.20 Å². The van der Waals surface area contributed by atoms with Crippen molar-refractivity contribution in [3.8, 4) is 0 Å². The molecule has 1 aromatic heterocycles. The number of rotatable bonds is 6. The summed E-state index contributed by atoms with van der Waals surface area (Å²) in [7, 11) is 0. The SMILES string of the molecule is Nc1nc(NCCCC(=O)O)ncc1[N+](=O)[O-]. The van der Waals surface area contributed by atoms with E-state index in [1.54, 1.807) is 0 Å². The summed E-state index contributed by atoms with van der Waals surface area (Å²) in [6.45, 7) is 0.351. The van der Waals surface area contributed by atoms with Crippen molar-refractivity contribution >= 4 is 23.4 Å². The van der Waals surface area contributed by atoms with E-state index in [2.05, 4.69) is 15.3 Å². The van der Waals surface area contributed by atoms with Crippen LogP contribution in [0.2, 0.25) is 0 Å². The molecule has 0 aliphatic rings. The number of carbonyl (C=O) groups is 1. The first-order chi connectivity index (χ1) is 8.00. The highest BCUT2D eigenvalue weighted by Gasteiger charge is 2.13. The molecular formula is C8H11N5O4. The van der Waals surface area contributed by atoms with Crippen LogP contribution in [-0.2, 0) is 4.79 Å². The Hall–Kier alpha value is -2.45. The number of carboxylic acids is 1. The van der Waals surface area contributed by atoms with Gasteiger partial charge in [0, 0.05) is 13.0 Å². The number of nitrogens with one attached hydrogen (secondary N) is 1. The van der Waals surface area contributed by atoms with Crippen LogP contribution in [0.3, 0.4) is 0 Å². The lowest BCUT2D eigenvalue weighted by molar-refractivity contribution is -0.384. The lowest BCUT2D eigenvalue weighted by Crippen LogP contribution is -2.09. The van der Waals surface area contributed by atoms with Gasteiger partial charge in [-0.2, -0.15) is 4.98 Å². The first-order valence-corrected chi connectivity index (χ1v) is 4.73. The normalized spacial score (nSPS) is 9.88. The monoisotopic (exact) mass is 241 g/mol. The summed E-state index contributed by atoms with van der Waals surface area (Å²) in [5.41, 5.74) is 4.99. The topological polar surface area (TPSA) is 144 Å². The maximum atomic E-state index is 10.4. The molecule has 0 aliphatic carbocycles. The minimum absolute atomic E-state index is 0.0233. The van der Waals surface area contributed by atoms with Gasteiger partial charge in [-0.1, -0.05) is 0 Å². The zero-order chi connectivity index (χ0) is 12.8. The Kier molecular flexibility index (Phi) is 4.14. The fraction of sp³-hybridized carbons (Fsp3) is 0.375. The molecule has 0 aromatic carbocycles. The summed E-state index contributed by atoms with van der Waals surface area (Å²) < 4.78 is 0. The summed E-state index contributed by atoms with van der Waals surface area (Å²) in [5.74, 6) is -0.986. The number of aliphatic carboxylic acids is 1. The van der Waals surface area contributed by atoms with Gasteiger partial charge in [0.25, 0.3) is 0 Å². The number of hydrogen-bond donors (Lipinski definition) is 3. The molecule has 1 aromatic rings. The molecule has 0 atom stereocenters. The molecule has 0 aliphatic heterocycles. The van der Waals surface area contributed by atoms with Crippen LogP contribution in [0.5, 0.6) is 0 Å². The highest BCUT2D eigenvalue weighted by atomic mass is 16.6. The molecule has 0 spiro atoms. The molecular weight excluding hydrogens is 230 g/mol. The molecule has 17 heavy (non-hydrogen) atoms. The number of aromatic nitrogens is 2. The maximum absolute atomic E-state index is 10.4. The molecule has 0 radical (unpaired) electrons. The molecule has 0 fully saturated rings. The van der Waals surface area contributed by atoms with Gasteiger partial charge in [0.05, 0.1) is 4.92 Å². The van der Waals surface area contributed by atoms with Crippen molar-refractivity contribution in [2.45, 2.75) is 12.8 Å². The Balaban J connectivity index is 2.53. The molecule has 1 rings (SSSR count). The second-order valence-electron chi connectivity index (χ2n) is 3.15. The van der Waals surface area contributed by atoms with Gasteiger partial charge in [-0.05, 0) is 6.42 Å². The highest BCUT2D eigenvalue weighted by molar-refractivity contribution is 5.66. The van der Waals surface area contributed by atoms with Crippen LogP contribution in [0.25, 0.3) is 0 Å². The fourth-order valence-corrected chi connectivity index (χ4v) is 1.05. The lowest BCUT2D eigenvalue weighted by atomic mass is 10.3. The van der Waals surface area contributed by atoms with Gasteiger partial charge in [0.15, 0.2) is 0 Å². The number of nitrogens with two attached hydrogens (primary N) is 1. The van der Waals surface area contributed by atoms with Crippen molar-refractivity contribution in [3.63, 3.8) is 0 Å². The number of anilines is 2. The van der Waals surface area contributed by atoms with Crippen LogP contribution < -0.4 is 11.1 Å². The van der Waals surface area contributed by atoms with Gasteiger partial charge >= 0.3 is 11.7 Å². The average molecular weight is 241 g/mol. The summed E-state index contributed by atoms with van der Waals surface area (Å²) in [6.07, 6.45) is 1.42. The number of nitro groups is 1. The van der Waals surface area contributed by atoms with Crippen LogP contribution in [0.4, 0.5) is 17.5 Å². The van der Waals surface area contributed by atoms with E-state index in [-0.39, 0.29) is 23.9 Å². The van der Waals surface area contributed by atoms with Gasteiger partial charge in [-0.15, -0.1) is 0 Å². The van der Waals surface area contributed by atoms with Gasteiger partial charge in [0.1, 0.15) is 6.20 Å². The Morgan fingerprint density at radius 2 is 2.35 bits per heavy atom. The molecule has 0 saturated heterocycles. The molecule has 4 N–H and O–H groups in total. The standard InChI is InChI=1S/C8H11N5O4/c9-7-5(13(16)17)4-11-8(12-7)10-3-1-2-6(14)15/h4H,1-3H2,(H,14,15)(H3,9,10,11,12). The minimum atomic E-state index is -0.893. The van der Waals surface area contributed by atoms with Crippen molar-refractivity contribution in [1.82, 2.24) is 9.97 Å². The Labute approximate surface area is 95.8 Å². The van der Waals surface area contributed by atoms with E-state index in [0.717, 1.165) is 6.20 Å². The number of carboxylic acid groups (broad SMARTS) is 1. The highest BCUT2D eigenvalue weighted by Crippen LogP contribution is 2.17. The van der Waals surface area contributed by atoms with Crippen LogP contribution in [-0.4, -0.2) is 32.5 Å². The van der Waals surface area contributed by atoms with Crippen LogP contribution in [0, 0.1) is 10.1 Å². The third kappa shape index (κ3) is 3.89. The van der Waals surface area contributed by atoms with E-state index in [9.17, 15) is 14.9 Å². The molecule has 9 heteroatoms. The molecule has 1 heterocycles. The zero-order valence-corrected chi connectivity index (χ0v) is 8.79. The van der Waals surface area contributed by atoms with E-state index in [1.807, 2.05) is 0 Å². The summed E-state index contributed by atoms with van der Waals surface area (Å²) in [4.78, 5) is 27.3. The Morgan fingerprint density at radius 3 is 2.88 bits per heavy atom. The van der Waals surface area contributed by atoms with Gasteiger partial charge in [-0.3, -0.25) is 14.9 Å². The molecule has 92 valence electrons. The number of nitrogen functional groups attached to an aromatic ring is 1. The van der Waals surface area contributed by atoms with Gasteiger partial charge in [0.2, 0.25) is 11.8 Å². The molecule has 9 nitrogen and oxygen atoms in total. The Bertz CT molecular complexity index is 436. The molecule has 0 saturated carbocycles.